The van der Waals surface area contributed by atoms with E-state index in [-0.39, 0.29) is 18.4 Å². The minimum Gasteiger partial charge on any atom is -0.396 e. The summed E-state index contributed by atoms with van der Waals surface area (Å²) < 4.78 is 1.89. The highest BCUT2D eigenvalue weighted by atomic mass is 16.3. The molecule has 0 aliphatic carbocycles. The van der Waals surface area contributed by atoms with Crippen molar-refractivity contribution >= 4 is 5.91 Å². The lowest BCUT2D eigenvalue weighted by Gasteiger charge is -2.46. The van der Waals surface area contributed by atoms with Crippen molar-refractivity contribution < 1.29 is 14.8 Å². The molecule has 1 unspecified atom stereocenters. The van der Waals surface area contributed by atoms with Crippen LogP contribution in [0, 0.1) is 11.8 Å². The molecule has 1 aromatic heterocycles. The molecular weight excluding hydrogens is 282 g/mol. The highest BCUT2D eigenvalue weighted by Gasteiger charge is 2.46. The van der Waals surface area contributed by atoms with Crippen LogP contribution in [0.1, 0.15) is 18.5 Å². The van der Waals surface area contributed by atoms with Crippen molar-refractivity contribution in [2.75, 3.05) is 33.8 Å². The number of carbonyl (C=O) groups is 1. The lowest BCUT2D eigenvalue weighted by atomic mass is 9.75. The van der Waals surface area contributed by atoms with Crippen molar-refractivity contribution in [3.63, 3.8) is 0 Å². The number of aliphatic hydroxyl groups is 1. The first-order chi connectivity index (χ1) is 10.6. The number of quaternary nitrogens is 1. The Morgan fingerprint density at radius 2 is 2.36 bits per heavy atom. The van der Waals surface area contributed by atoms with Crippen LogP contribution in [0.4, 0.5) is 0 Å². The number of rotatable bonds is 5. The van der Waals surface area contributed by atoms with Crippen molar-refractivity contribution in [2.45, 2.75) is 31.8 Å². The minimum absolute atomic E-state index is 0.107. The molecule has 7 heteroatoms. The Hall–Kier alpha value is -1.47. The van der Waals surface area contributed by atoms with Crippen molar-refractivity contribution in [1.29, 1.82) is 0 Å². The third-order valence-electron chi connectivity index (χ3n) is 5.17. The number of nitrogens with zero attached hydrogens (tertiary/aromatic N) is 4. The van der Waals surface area contributed by atoms with Gasteiger partial charge < -0.3 is 14.9 Å². The molecule has 7 nitrogen and oxygen atoms in total. The molecule has 1 aromatic rings. The second kappa shape index (κ2) is 6.34. The number of fused-ring (bicyclic) bond motifs is 3. The first-order valence-corrected chi connectivity index (χ1v) is 8.14. The summed E-state index contributed by atoms with van der Waals surface area (Å²) in [7, 11) is 3.70. The summed E-state index contributed by atoms with van der Waals surface area (Å²) >= 11 is 0. The van der Waals surface area contributed by atoms with E-state index in [0.717, 1.165) is 38.2 Å². The lowest BCUT2D eigenvalue weighted by molar-refractivity contribution is -0.945. The lowest BCUT2D eigenvalue weighted by Crippen LogP contribution is -3.20. The maximum absolute atomic E-state index is 12.3. The van der Waals surface area contributed by atoms with E-state index in [1.807, 2.05) is 25.0 Å². The second-order valence-corrected chi connectivity index (χ2v) is 6.84. The molecule has 4 heterocycles. The Morgan fingerprint density at radius 1 is 1.55 bits per heavy atom. The SMILES string of the molecule is CN(C)C(=O)[C@H]1C[NH+]2CC[C@H]1C[C@@H]2Cn1cc(CCO)nn1. The third kappa shape index (κ3) is 3.01. The van der Waals surface area contributed by atoms with Gasteiger partial charge in [0.2, 0.25) is 5.91 Å². The maximum atomic E-state index is 12.3. The van der Waals surface area contributed by atoms with Gasteiger partial charge in [0.05, 0.1) is 31.2 Å². The van der Waals surface area contributed by atoms with Crippen LogP contribution in [0.5, 0.6) is 0 Å². The molecule has 0 spiro atoms. The summed E-state index contributed by atoms with van der Waals surface area (Å²) in [5.74, 6) is 0.986. The summed E-state index contributed by atoms with van der Waals surface area (Å²) in [6.07, 6.45) is 4.74. The average molecular weight is 308 g/mol. The summed E-state index contributed by atoms with van der Waals surface area (Å²) in [6.45, 7) is 3.07. The number of aromatic nitrogens is 3. The first-order valence-electron chi connectivity index (χ1n) is 8.14. The molecule has 122 valence electrons. The zero-order valence-electron chi connectivity index (χ0n) is 13.4. The maximum Gasteiger partial charge on any atom is 0.231 e. The van der Waals surface area contributed by atoms with Crippen molar-refractivity contribution in [1.82, 2.24) is 19.9 Å². The fraction of sp³-hybridized carbons (Fsp3) is 0.800. The van der Waals surface area contributed by atoms with Gasteiger partial charge in [0.1, 0.15) is 6.04 Å². The van der Waals surface area contributed by atoms with Gasteiger partial charge in [0.25, 0.3) is 0 Å². The number of aliphatic hydroxyl groups excluding tert-OH is 1. The number of hydrogen-bond acceptors (Lipinski definition) is 4. The predicted molar refractivity (Wildman–Crippen MR) is 80.2 cm³/mol. The normalized spacial score (nSPS) is 30.5. The molecule has 3 aliphatic heterocycles. The van der Waals surface area contributed by atoms with Gasteiger partial charge in [-0.1, -0.05) is 5.21 Å². The average Bonchev–Trinajstić information content (AvgIpc) is 2.94. The molecule has 0 aromatic carbocycles. The van der Waals surface area contributed by atoms with Gasteiger partial charge in [-0.05, 0) is 5.92 Å². The van der Waals surface area contributed by atoms with Crippen LogP contribution in [-0.4, -0.2) is 70.7 Å². The standard InChI is InChI=1S/C15H25N5O2/c1-18(2)15(22)14-10-19-5-3-11(14)7-13(19)9-20-8-12(4-6-21)16-17-20/h8,11,13-14,21H,3-7,9-10H2,1-2H3/p+1/t11-,13+,14-/m0/s1. The van der Waals surface area contributed by atoms with Gasteiger partial charge in [0.15, 0.2) is 0 Å². The predicted octanol–water partition coefficient (Wildman–Crippen LogP) is -1.81. The van der Waals surface area contributed by atoms with Crippen LogP contribution in [0.25, 0.3) is 0 Å². The van der Waals surface area contributed by atoms with E-state index in [2.05, 4.69) is 10.3 Å². The highest BCUT2D eigenvalue weighted by molar-refractivity contribution is 5.78. The molecule has 3 fully saturated rings. The van der Waals surface area contributed by atoms with Gasteiger partial charge in [-0.3, -0.25) is 4.79 Å². The van der Waals surface area contributed by atoms with E-state index in [0.29, 0.717) is 18.4 Å². The zero-order valence-corrected chi connectivity index (χ0v) is 13.4. The largest absolute Gasteiger partial charge is 0.396 e. The minimum atomic E-state index is 0.107. The van der Waals surface area contributed by atoms with Crippen LogP contribution in [0.3, 0.4) is 0 Å². The van der Waals surface area contributed by atoms with Gasteiger partial charge in [-0.25, -0.2) is 4.68 Å². The molecule has 22 heavy (non-hydrogen) atoms. The Labute approximate surface area is 130 Å². The molecule has 4 atom stereocenters. The van der Waals surface area contributed by atoms with Crippen molar-refractivity contribution in [2.24, 2.45) is 11.8 Å². The molecule has 4 rings (SSSR count). The van der Waals surface area contributed by atoms with Crippen LogP contribution in [0.2, 0.25) is 0 Å². The Balaban J connectivity index is 1.62. The number of hydrogen-bond donors (Lipinski definition) is 2. The van der Waals surface area contributed by atoms with E-state index in [9.17, 15) is 4.79 Å². The van der Waals surface area contributed by atoms with Crippen LogP contribution < -0.4 is 4.90 Å². The molecule has 3 aliphatic rings. The molecule has 2 bridgehead atoms. The number of piperidine rings is 3. The van der Waals surface area contributed by atoms with Crippen LogP contribution >= 0.6 is 0 Å². The highest BCUT2D eigenvalue weighted by Crippen LogP contribution is 2.28. The van der Waals surface area contributed by atoms with Gasteiger partial charge in [-0.2, -0.15) is 0 Å². The molecule has 0 saturated carbocycles. The first kappa shape index (κ1) is 15.4. The van der Waals surface area contributed by atoms with Gasteiger partial charge in [0, 0.05) is 46.2 Å². The Bertz CT molecular complexity index is 530. The number of nitrogens with one attached hydrogen (secondary N) is 1. The number of carbonyl (C=O) groups excluding carboxylic acids is 1. The van der Waals surface area contributed by atoms with E-state index >= 15 is 0 Å². The van der Waals surface area contributed by atoms with E-state index in [4.69, 9.17) is 5.11 Å². The summed E-state index contributed by atoms with van der Waals surface area (Å²) in [6, 6.07) is 0.522. The molecule has 1 amide bonds. The second-order valence-electron chi connectivity index (χ2n) is 6.84. The molecule has 2 N–H and O–H groups in total. The Morgan fingerprint density at radius 3 is 3.00 bits per heavy atom. The number of amides is 1. The Kier molecular flexibility index (Phi) is 4.44. The van der Waals surface area contributed by atoms with Crippen molar-refractivity contribution in [3.05, 3.63) is 11.9 Å². The van der Waals surface area contributed by atoms with E-state index < -0.39 is 0 Å². The van der Waals surface area contributed by atoms with Crippen LogP contribution in [-0.2, 0) is 17.8 Å². The molecular formula is C15H26N5O2+. The molecule has 3 saturated heterocycles. The quantitative estimate of drug-likeness (QED) is 0.673. The zero-order chi connectivity index (χ0) is 15.7. The fourth-order valence-electron chi connectivity index (χ4n) is 4.02. The topological polar surface area (TPSA) is 75.7 Å². The summed E-state index contributed by atoms with van der Waals surface area (Å²) in [4.78, 5) is 15.6. The monoisotopic (exact) mass is 308 g/mol. The van der Waals surface area contributed by atoms with Crippen LogP contribution in [0.15, 0.2) is 6.20 Å². The van der Waals surface area contributed by atoms with Gasteiger partial charge >= 0.3 is 0 Å². The third-order valence-corrected chi connectivity index (χ3v) is 5.17. The van der Waals surface area contributed by atoms with Crippen molar-refractivity contribution in [3.8, 4) is 0 Å². The summed E-state index contributed by atoms with van der Waals surface area (Å²) in [5, 5.41) is 17.2. The van der Waals surface area contributed by atoms with E-state index in [1.54, 1.807) is 4.90 Å². The van der Waals surface area contributed by atoms with E-state index in [1.165, 1.54) is 4.90 Å². The fourth-order valence-corrected chi connectivity index (χ4v) is 4.02. The smallest absolute Gasteiger partial charge is 0.231 e. The summed E-state index contributed by atoms with van der Waals surface area (Å²) in [5.41, 5.74) is 0.842. The molecule has 0 radical (unpaired) electrons. The van der Waals surface area contributed by atoms with Gasteiger partial charge in [-0.15, -0.1) is 5.10 Å².